The molecule has 106 valence electrons. The van der Waals surface area contributed by atoms with Crippen LogP contribution in [0.1, 0.15) is 49.2 Å². The van der Waals surface area contributed by atoms with E-state index in [0.717, 1.165) is 11.3 Å². The van der Waals surface area contributed by atoms with Crippen LogP contribution in [-0.4, -0.2) is 18.0 Å². The van der Waals surface area contributed by atoms with E-state index >= 15 is 0 Å². The summed E-state index contributed by atoms with van der Waals surface area (Å²) in [7, 11) is 0. The second kappa shape index (κ2) is 4.60. The Morgan fingerprint density at radius 3 is 2.37 bits per heavy atom. The molecule has 0 aromatic carbocycles. The zero-order chi connectivity index (χ0) is 14.4. The fourth-order valence-corrected chi connectivity index (χ4v) is 4.30. The molecule has 1 aliphatic rings. The molecule has 2 rings (SSSR count). The van der Waals surface area contributed by atoms with Crippen molar-refractivity contribution >= 4 is 17.2 Å². The van der Waals surface area contributed by atoms with Gasteiger partial charge in [0.1, 0.15) is 0 Å². The molecule has 1 aromatic heterocycles. The summed E-state index contributed by atoms with van der Waals surface area (Å²) >= 11 is 1.58. The first-order chi connectivity index (χ1) is 8.71. The average molecular weight is 280 g/mol. The molecule has 3 N–H and O–H groups in total. The Hall–Kier alpha value is -0.870. The monoisotopic (exact) mass is 280 g/mol. The van der Waals surface area contributed by atoms with Crippen LogP contribution in [0, 0.1) is 10.8 Å². The maximum Gasteiger partial charge on any atom is 0.261 e. The first-order valence-corrected chi connectivity index (χ1v) is 7.68. The maximum atomic E-state index is 12.3. The zero-order valence-corrected chi connectivity index (χ0v) is 13.2. The molecular formula is C15H24N2OS. The molecule has 1 heterocycles. The summed E-state index contributed by atoms with van der Waals surface area (Å²) in [6.45, 7) is 10.6. The molecule has 1 aliphatic carbocycles. The number of carbonyl (C=O) groups is 1. The standard InChI is InChI=1S/C15H24N2OS/c1-6-9-7-8-10(19-9)11(18)17-13-14(2,3)12(16)15(13,4)5/h7-8,12-13H,6,16H2,1-5H3,(H,17,18). The Balaban J connectivity index is 2.11. The highest BCUT2D eigenvalue weighted by atomic mass is 32.1. The largest absolute Gasteiger partial charge is 0.347 e. The Morgan fingerprint density at radius 2 is 1.89 bits per heavy atom. The van der Waals surface area contributed by atoms with Crippen molar-refractivity contribution in [2.45, 2.75) is 53.1 Å². The Morgan fingerprint density at radius 1 is 1.32 bits per heavy atom. The lowest BCUT2D eigenvalue weighted by molar-refractivity contribution is -0.0663. The van der Waals surface area contributed by atoms with Gasteiger partial charge in [-0.25, -0.2) is 0 Å². The first kappa shape index (κ1) is 14.5. The Bertz CT molecular complexity index is 474. The highest BCUT2D eigenvalue weighted by Crippen LogP contribution is 2.52. The number of amides is 1. The quantitative estimate of drug-likeness (QED) is 0.894. The topological polar surface area (TPSA) is 55.1 Å². The van der Waals surface area contributed by atoms with Crippen LogP contribution in [0.2, 0.25) is 0 Å². The minimum Gasteiger partial charge on any atom is -0.347 e. The average Bonchev–Trinajstić information content (AvgIpc) is 2.83. The van der Waals surface area contributed by atoms with Crippen molar-refractivity contribution < 1.29 is 4.79 Å². The van der Waals surface area contributed by atoms with Gasteiger partial charge in [-0.2, -0.15) is 0 Å². The van der Waals surface area contributed by atoms with E-state index in [1.165, 1.54) is 4.88 Å². The summed E-state index contributed by atoms with van der Waals surface area (Å²) in [6.07, 6.45) is 0.975. The van der Waals surface area contributed by atoms with Gasteiger partial charge in [-0.15, -0.1) is 11.3 Å². The number of nitrogens with two attached hydrogens (primary N) is 1. The van der Waals surface area contributed by atoms with Crippen molar-refractivity contribution in [1.29, 1.82) is 0 Å². The van der Waals surface area contributed by atoms with E-state index in [1.54, 1.807) is 11.3 Å². The smallest absolute Gasteiger partial charge is 0.261 e. The lowest BCUT2D eigenvalue weighted by atomic mass is 9.48. The summed E-state index contributed by atoms with van der Waals surface area (Å²) in [5.74, 6) is 0.0303. The predicted molar refractivity (Wildman–Crippen MR) is 80.5 cm³/mol. The number of thiophene rings is 1. The van der Waals surface area contributed by atoms with Crippen molar-refractivity contribution in [3.63, 3.8) is 0 Å². The molecule has 0 spiro atoms. The molecule has 1 saturated carbocycles. The summed E-state index contributed by atoms with van der Waals surface area (Å²) in [5, 5.41) is 3.17. The second-order valence-corrected chi connectivity index (χ2v) is 7.81. The van der Waals surface area contributed by atoms with Crippen molar-refractivity contribution in [3.8, 4) is 0 Å². The van der Waals surface area contributed by atoms with Crippen molar-refractivity contribution in [1.82, 2.24) is 5.32 Å². The van der Waals surface area contributed by atoms with Gasteiger partial charge in [0.25, 0.3) is 5.91 Å². The summed E-state index contributed by atoms with van der Waals surface area (Å²) in [6, 6.07) is 4.18. The van der Waals surface area contributed by atoms with E-state index in [0.29, 0.717) is 0 Å². The number of rotatable bonds is 3. The van der Waals surface area contributed by atoms with E-state index in [2.05, 4.69) is 39.9 Å². The lowest BCUT2D eigenvalue weighted by Crippen LogP contribution is -2.76. The molecule has 19 heavy (non-hydrogen) atoms. The third-order valence-electron chi connectivity index (χ3n) is 4.60. The number of hydrogen-bond acceptors (Lipinski definition) is 3. The molecule has 0 atom stereocenters. The SMILES string of the molecule is CCc1ccc(C(=O)NC2C(C)(C)C(N)C2(C)C)s1. The van der Waals surface area contributed by atoms with Crippen LogP contribution in [0.3, 0.4) is 0 Å². The number of aryl methyl sites for hydroxylation is 1. The van der Waals surface area contributed by atoms with E-state index in [-0.39, 0.29) is 28.8 Å². The Kier molecular flexibility index (Phi) is 3.52. The van der Waals surface area contributed by atoms with Gasteiger partial charge in [0.15, 0.2) is 0 Å². The van der Waals surface area contributed by atoms with Gasteiger partial charge in [-0.05, 0) is 18.6 Å². The van der Waals surface area contributed by atoms with Gasteiger partial charge in [0.2, 0.25) is 0 Å². The van der Waals surface area contributed by atoms with Crippen LogP contribution in [0.4, 0.5) is 0 Å². The fraction of sp³-hybridized carbons (Fsp3) is 0.667. The van der Waals surface area contributed by atoms with E-state index in [1.807, 2.05) is 12.1 Å². The molecular weight excluding hydrogens is 256 g/mol. The number of nitrogens with one attached hydrogen (secondary N) is 1. The normalized spacial score (nSPS) is 27.7. The molecule has 0 saturated heterocycles. The van der Waals surface area contributed by atoms with Crippen molar-refractivity contribution in [2.75, 3.05) is 0 Å². The highest BCUT2D eigenvalue weighted by Gasteiger charge is 2.60. The zero-order valence-electron chi connectivity index (χ0n) is 12.4. The molecule has 1 fully saturated rings. The molecule has 0 unspecified atom stereocenters. The molecule has 1 aromatic rings. The highest BCUT2D eigenvalue weighted by molar-refractivity contribution is 7.14. The van der Waals surface area contributed by atoms with Crippen LogP contribution in [0.15, 0.2) is 12.1 Å². The van der Waals surface area contributed by atoms with Gasteiger partial charge in [0.05, 0.1) is 4.88 Å². The van der Waals surface area contributed by atoms with Crippen LogP contribution in [0.25, 0.3) is 0 Å². The minimum absolute atomic E-state index is 0.0303. The van der Waals surface area contributed by atoms with Gasteiger partial charge in [-0.3, -0.25) is 4.79 Å². The van der Waals surface area contributed by atoms with E-state index < -0.39 is 0 Å². The van der Waals surface area contributed by atoms with Crippen molar-refractivity contribution in [2.24, 2.45) is 16.6 Å². The van der Waals surface area contributed by atoms with Crippen LogP contribution >= 0.6 is 11.3 Å². The summed E-state index contributed by atoms with van der Waals surface area (Å²) < 4.78 is 0. The first-order valence-electron chi connectivity index (χ1n) is 6.86. The maximum absolute atomic E-state index is 12.3. The number of carbonyl (C=O) groups excluding carboxylic acids is 1. The van der Waals surface area contributed by atoms with Crippen LogP contribution in [-0.2, 0) is 6.42 Å². The summed E-state index contributed by atoms with van der Waals surface area (Å²) in [5.41, 5.74) is 6.11. The van der Waals surface area contributed by atoms with Gasteiger partial charge in [0, 0.05) is 27.8 Å². The van der Waals surface area contributed by atoms with Crippen LogP contribution in [0.5, 0.6) is 0 Å². The van der Waals surface area contributed by atoms with Gasteiger partial charge in [-0.1, -0.05) is 34.6 Å². The third kappa shape index (κ3) is 2.21. The van der Waals surface area contributed by atoms with E-state index in [9.17, 15) is 4.79 Å². The molecule has 0 aliphatic heterocycles. The second-order valence-electron chi connectivity index (χ2n) is 6.65. The summed E-state index contributed by atoms with van der Waals surface area (Å²) in [4.78, 5) is 14.4. The molecule has 4 heteroatoms. The van der Waals surface area contributed by atoms with Gasteiger partial charge >= 0.3 is 0 Å². The number of hydrogen-bond donors (Lipinski definition) is 2. The molecule has 0 radical (unpaired) electrons. The fourth-order valence-electron chi connectivity index (χ4n) is 3.44. The molecule has 0 bridgehead atoms. The van der Waals surface area contributed by atoms with Crippen LogP contribution < -0.4 is 11.1 Å². The molecule has 3 nitrogen and oxygen atoms in total. The Labute approximate surface area is 119 Å². The third-order valence-corrected chi connectivity index (χ3v) is 5.83. The van der Waals surface area contributed by atoms with Gasteiger partial charge < -0.3 is 11.1 Å². The minimum atomic E-state index is -0.0516. The molecule has 1 amide bonds. The predicted octanol–water partition coefficient (Wildman–Crippen LogP) is 2.80. The van der Waals surface area contributed by atoms with E-state index in [4.69, 9.17) is 5.73 Å². The van der Waals surface area contributed by atoms with Crippen molar-refractivity contribution in [3.05, 3.63) is 21.9 Å². The lowest BCUT2D eigenvalue weighted by Gasteiger charge is -2.62.